The minimum Gasteiger partial charge on any atom is -0.263 e. The highest BCUT2D eigenvalue weighted by Gasteiger charge is 2.03. The van der Waals surface area contributed by atoms with Crippen molar-refractivity contribution in [2.24, 2.45) is 0 Å². The molecule has 0 bridgehead atoms. The first-order chi connectivity index (χ1) is 7.31. The summed E-state index contributed by atoms with van der Waals surface area (Å²) in [5.41, 5.74) is 2.24. The average Bonchev–Trinajstić information content (AvgIpc) is 2.29. The fraction of sp³-hybridized carbons (Fsp3) is 0.0833. The smallest absolute Gasteiger partial charge is 0.0595 e. The number of nitrogens with zero attached hydrogens (tertiary/aromatic N) is 1. The number of pyridine rings is 1. The Morgan fingerprint density at radius 3 is 2.73 bits per heavy atom. The van der Waals surface area contributed by atoms with Crippen LogP contribution < -0.4 is 0 Å². The molecule has 0 aliphatic rings. The number of rotatable bonds is 2. The zero-order valence-electron chi connectivity index (χ0n) is 8.27. The lowest BCUT2D eigenvalue weighted by Crippen LogP contribution is -1.83. The van der Waals surface area contributed by atoms with Crippen LogP contribution in [-0.2, 0) is 0 Å². The van der Waals surface area contributed by atoms with Crippen LogP contribution in [0.5, 0.6) is 0 Å². The van der Waals surface area contributed by atoms with Gasteiger partial charge in [0.25, 0.3) is 0 Å². The molecule has 0 atom stereocenters. The molecule has 1 nitrogen and oxygen atoms in total. The van der Waals surface area contributed by atoms with Gasteiger partial charge >= 0.3 is 0 Å². The van der Waals surface area contributed by atoms with Crippen molar-refractivity contribution >= 4 is 23.4 Å². The highest BCUT2D eigenvalue weighted by Crippen LogP contribution is 2.30. The van der Waals surface area contributed by atoms with Gasteiger partial charge < -0.3 is 0 Å². The minimum absolute atomic E-state index is 0.670. The first-order valence-electron chi connectivity index (χ1n) is 4.55. The highest BCUT2D eigenvalue weighted by atomic mass is 35.5. The molecule has 76 valence electrons. The van der Waals surface area contributed by atoms with E-state index >= 15 is 0 Å². The molecule has 3 heteroatoms. The summed E-state index contributed by atoms with van der Waals surface area (Å²) in [7, 11) is 0. The Hall–Kier alpha value is -0.990. The summed E-state index contributed by atoms with van der Waals surface area (Å²) in [4.78, 5) is 5.33. The maximum Gasteiger partial charge on any atom is 0.0595 e. The summed E-state index contributed by atoms with van der Waals surface area (Å²) in [6, 6.07) is 10.2. The topological polar surface area (TPSA) is 12.9 Å². The summed E-state index contributed by atoms with van der Waals surface area (Å²) in [6.45, 7) is 0. The van der Waals surface area contributed by atoms with Gasteiger partial charge in [0, 0.05) is 22.9 Å². The van der Waals surface area contributed by atoms with Gasteiger partial charge in [0.15, 0.2) is 0 Å². The molecule has 2 rings (SSSR count). The first-order valence-corrected chi connectivity index (χ1v) is 6.15. The van der Waals surface area contributed by atoms with Crippen LogP contribution in [0.15, 0.2) is 47.6 Å². The largest absolute Gasteiger partial charge is 0.263 e. The van der Waals surface area contributed by atoms with Crippen LogP contribution in [0.1, 0.15) is 0 Å². The van der Waals surface area contributed by atoms with Crippen LogP contribution >= 0.6 is 23.4 Å². The molecule has 0 fully saturated rings. The molecule has 0 saturated carbocycles. The summed E-state index contributed by atoms with van der Waals surface area (Å²) in [6.07, 6.45) is 5.55. The molecule has 15 heavy (non-hydrogen) atoms. The lowest BCUT2D eigenvalue weighted by molar-refractivity contribution is 1.31. The third-order valence-corrected chi connectivity index (χ3v) is 3.13. The maximum atomic E-state index is 5.92. The molecular weight excluding hydrogens is 226 g/mol. The van der Waals surface area contributed by atoms with Crippen LogP contribution in [0.2, 0.25) is 5.02 Å². The fourth-order valence-corrected chi connectivity index (χ4v) is 2.24. The van der Waals surface area contributed by atoms with Crippen molar-refractivity contribution in [2.45, 2.75) is 4.90 Å². The predicted octanol–water partition coefficient (Wildman–Crippen LogP) is 4.12. The molecule has 0 saturated heterocycles. The molecule has 0 amide bonds. The van der Waals surface area contributed by atoms with Gasteiger partial charge in [-0.25, -0.2) is 0 Å². The Labute approximate surface area is 98.5 Å². The van der Waals surface area contributed by atoms with Crippen molar-refractivity contribution in [1.29, 1.82) is 0 Å². The lowest BCUT2D eigenvalue weighted by atomic mass is 10.1. The van der Waals surface area contributed by atoms with E-state index in [1.54, 1.807) is 18.0 Å². The Morgan fingerprint density at radius 1 is 1.20 bits per heavy atom. The van der Waals surface area contributed by atoms with E-state index in [1.165, 1.54) is 10.5 Å². The molecule has 1 aromatic heterocycles. The fourth-order valence-electron chi connectivity index (χ4n) is 1.44. The third kappa shape index (κ3) is 2.33. The summed E-state index contributed by atoms with van der Waals surface area (Å²) >= 11 is 7.65. The zero-order valence-corrected chi connectivity index (χ0v) is 9.85. The van der Waals surface area contributed by atoms with Gasteiger partial charge in [-0.2, -0.15) is 0 Å². The monoisotopic (exact) mass is 235 g/mol. The molecule has 1 aromatic carbocycles. The van der Waals surface area contributed by atoms with E-state index in [0.717, 1.165) is 5.56 Å². The standard InChI is InChI=1S/C12H10ClNS/c1-15-12-5-3-2-4-11(12)9-6-10(13)8-14-7-9/h2-8H,1H3. The second-order valence-electron chi connectivity index (χ2n) is 3.09. The van der Waals surface area contributed by atoms with Crippen LogP contribution in [0, 0.1) is 0 Å². The highest BCUT2D eigenvalue weighted by molar-refractivity contribution is 7.98. The van der Waals surface area contributed by atoms with Crippen LogP contribution in [0.4, 0.5) is 0 Å². The molecule has 0 aliphatic carbocycles. The van der Waals surface area contributed by atoms with Crippen LogP contribution in [-0.4, -0.2) is 11.2 Å². The minimum atomic E-state index is 0.670. The van der Waals surface area contributed by atoms with E-state index in [4.69, 9.17) is 11.6 Å². The number of thioether (sulfide) groups is 1. The zero-order chi connectivity index (χ0) is 10.7. The quantitative estimate of drug-likeness (QED) is 0.727. The number of benzene rings is 1. The molecule has 0 N–H and O–H groups in total. The second-order valence-corrected chi connectivity index (χ2v) is 4.38. The van der Waals surface area contributed by atoms with Crippen molar-refractivity contribution in [3.8, 4) is 11.1 Å². The first kappa shape index (κ1) is 10.5. The predicted molar refractivity (Wildman–Crippen MR) is 66.5 cm³/mol. The van der Waals surface area contributed by atoms with Crippen molar-refractivity contribution in [1.82, 2.24) is 4.98 Å². The summed E-state index contributed by atoms with van der Waals surface area (Å²) < 4.78 is 0. The Kier molecular flexibility index (Phi) is 3.29. The van der Waals surface area contributed by atoms with Gasteiger partial charge in [-0.1, -0.05) is 29.8 Å². The van der Waals surface area contributed by atoms with Gasteiger partial charge in [0.2, 0.25) is 0 Å². The van der Waals surface area contributed by atoms with E-state index in [2.05, 4.69) is 23.4 Å². The number of halogens is 1. The second kappa shape index (κ2) is 4.69. The Bertz CT molecular complexity index is 471. The van der Waals surface area contributed by atoms with E-state index in [-0.39, 0.29) is 0 Å². The molecule has 1 heterocycles. The molecule has 0 spiro atoms. The SMILES string of the molecule is CSc1ccccc1-c1cncc(Cl)c1. The third-order valence-electron chi connectivity index (χ3n) is 2.12. The summed E-state index contributed by atoms with van der Waals surface area (Å²) in [5.74, 6) is 0. The number of aromatic nitrogens is 1. The average molecular weight is 236 g/mol. The van der Waals surface area contributed by atoms with E-state index in [1.807, 2.05) is 24.4 Å². The lowest BCUT2D eigenvalue weighted by Gasteiger charge is -2.06. The van der Waals surface area contributed by atoms with Gasteiger partial charge in [-0.3, -0.25) is 4.98 Å². The Balaban J connectivity index is 2.53. The normalized spacial score (nSPS) is 10.3. The number of hydrogen-bond donors (Lipinski definition) is 0. The summed E-state index contributed by atoms with van der Waals surface area (Å²) in [5, 5.41) is 0.670. The van der Waals surface area contributed by atoms with Crippen molar-refractivity contribution in [3.05, 3.63) is 47.7 Å². The van der Waals surface area contributed by atoms with E-state index in [0.29, 0.717) is 5.02 Å². The van der Waals surface area contributed by atoms with Crippen LogP contribution in [0.3, 0.4) is 0 Å². The van der Waals surface area contributed by atoms with E-state index in [9.17, 15) is 0 Å². The van der Waals surface area contributed by atoms with Gasteiger partial charge in [0.1, 0.15) is 0 Å². The van der Waals surface area contributed by atoms with Gasteiger partial charge in [-0.15, -0.1) is 11.8 Å². The van der Waals surface area contributed by atoms with Crippen molar-refractivity contribution in [2.75, 3.05) is 6.26 Å². The molecule has 0 unspecified atom stereocenters. The van der Waals surface area contributed by atoms with Crippen LogP contribution in [0.25, 0.3) is 11.1 Å². The number of hydrogen-bond acceptors (Lipinski definition) is 2. The molecular formula is C12H10ClNS. The van der Waals surface area contributed by atoms with Crippen molar-refractivity contribution < 1.29 is 0 Å². The molecule has 0 radical (unpaired) electrons. The maximum absolute atomic E-state index is 5.92. The van der Waals surface area contributed by atoms with Gasteiger partial charge in [-0.05, 0) is 24.0 Å². The van der Waals surface area contributed by atoms with E-state index < -0.39 is 0 Å². The molecule has 2 aromatic rings. The molecule has 0 aliphatic heterocycles. The Morgan fingerprint density at radius 2 is 2.00 bits per heavy atom. The van der Waals surface area contributed by atoms with Gasteiger partial charge in [0.05, 0.1) is 5.02 Å². The van der Waals surface area contributed by atoms with Crippen molar-refractivity contribution in [3.63, 3.8) is 0 Å².